The molecule has 0 spiro atoms. The van der Waals surface area contributed by atoms with Gasteiger partial charge in [0, 0.05) is 42.4 Å². The molecule has 3 aromatic rings. The molecule has 2 heterocycles. The molecule has 1 aromatic heterocycles. The predicted octanol–water partition coefficient (Wildman–Crippen LogP) is 4.03. The Hall–Kier alpha value is -3.52. The molecule has 0 radical (unpaired) electrons. The normalized spacial score (nSPS) is 14.2. The van der Waals surface area contributed by atoms with E-state index < -0.39 is 0 Å². The molecule has 1 fully saturated rings. The van der Waals surface area contributed by atoms with Crippen molar-refractivity contribution < 1.29 is 4.79 Å². The van der Waals surface area contributed by atoms with Crippen LogP contribution in [0.3, 0.4) is 0 Å². The minimum Gasteiger partial charge on any atom is -0.372 e. The quantitative estimate of drug-likeness (QED) is 0.498. The van der Waals surface area contributed by atoms with Crippen LogP contribution in [0.25, 0.3) is 17.0 Å². The first-order valence-corrected chi connectivity index (χ1v) is 10.0. The lowest BCUT2D eigenvalue weighted by molar-refractivity contribution is -0.117. The number of carbonyl (C=O) groups excluding carboxylic acids is 1. The van der Waals surface area contributed by atoms with E-state index in [9.17, 15) is 10.1 Å². The SMILES string of the molecule is N#C/C(=C/c1ccc(N2CCCC2)cc1)C(=O)NCCc1c[nH]c2ccccc12. The van der Waals surface area contributed by atoms with Crippen LogP contribution in [-0.4, -0.2) is 30.5 Å². The number of benzene rings is 2. The van der Waals surface area contributed by atoms with Crippen LogP contribution in [0.4, 0.5) is 5.69 Å². The molecule has 4 rings (SSSR count). The number of fused-ring (bicyclic) bond motifs is 1. The standard InChI is InChI=1S/C24H24N4O/c25-16-20(15-18-7-9-21(10-8-18)28-13-3-4-14-28)24(29)26-12-11-19-17-27-23-6-2-1-5-22(19)23/h1-2,5-10,15,17,27H,3-4,11-14H2,(H,26,29)/b20-15-. The predicted molar refractivity (Wildman–Crippen MR) is 116 cm³/mol. The zero-order valence-electron chi connectivity index (χ0n) is 16.3. The average molecular weight is 384 g/mol. The number of nitrogens with zero attached hydrogens (tertiary/aromatic N) is 2. The van der Waals surface area contributed by atoms with Gasteiger partial charge in [-0.1, -0.05) is 30.3 Å². The van der Waals surface area contributed by atoms with Gasteiger partial charge in [-0.3, -0.25) is 4.79 Å². The van der Waals surface area contributed by atoms with Gasteiger partial charge in [0.2, 0.25) is 0 Å². The van der Waals surface area contributed by atoms with Crippen molar-refractivity contribution in [3.05, 3.63) is 71.4 Å². The van der Waals surface area contributed by atoms with Crippen molar-refractivity contribution in [2.45, 2.75) is 19.3 Å². The fourth-order valence-corrected chi connectivity index (χ4v) is 3.82. The molecule has 1 aliphatic heterocycles. The fourth-order valence-electron chi connectivity index (χ4n) is 3.82. The highest BCUT2D eigenvalue weighted by atomic mass is 16.1. The van der Waals surface area contributed by atoms with Crippen molar-refractivity contribution in [3.8, 4) is 6.07 Å². The van der Waals surface area contributed by atoms with Crippen LogP contribution >= 0.6 is 0 Å². The number of hydrogen-bond donors (Lipinski definition) is 2. The molecule has 146 valence electrons. The summed E-state index contributed by atoms with van der Waals surface area (Å²) >= 11 is 0. The van der Waals surface area contributed by atoms with E-state index in [2.05, 4.69) is 33.4 Å². The molecule has 0 unspecified atom stereocenters. The molecule has 0 atom stereocenters. The summed E-state index contributed by atoms with van der Waals surface area (Å²) in [4.78, 5) is 18.0. The maximum absolute atomic E-state index is 12.4. The Morgan fingerprint density at radius 3 is 2.66 bits per heavy atom. The van der Waals surface area contributed by atoms with Crippen LogP contribution in [0.5, 0.6) is 0 Å². The van der Waals surface area contributed by atoms with E-state index in [1.165, 1.54) is 18.5 Å². The van der Waals surface area contributed by atoms with Crippen LogP contribution in [0, 0.1) is 11.3 Å². The van der Waals surface area contributed by atoms with Gasteiger partial charge in [-0.25, -0.2) is 0 Å². The van der Waals surface area contributed by atoms with Crippen LogP contribution in [0.1, 0.15) is 24.0 Å². The summed E-state index contributed by atoms with van der Waals surface area (Å²) in [5.74, 6) is -0.337. The first-order valence-electron chi connectivity index (χ1n) is 10.0. The highest BCUT2D eigenvalue weighted by Crippen LogP contribution is 2.21. The van der Waals surface area contributed by atoms with Crippen molar-refractivity contribution in [1.29, 1.82) is 5.26 Å². The number of carbonyl (C=O) groups is 1. The maximum Gasteiger partial charge on any atom is 0.261 e. The van der Waals surface area contributed by atoms with Gasteiger partial charge < -0.3 is 15.2 Å². The lowest BCUT2D eigenvalue weighted by Crippen LogP contribution is -2.26. The summed E-state index contributed by atoms with van der Waals surface area (Å²) in [5.41, 5.74) is 4.42. The molecule has 29 heavy (non-hydrogen) atoms. The van der Waals surface area contributed by atoms with Crippen LogP contribution in [-0.2, 0) is 11.2 Å². The summed E-state index contributed by atoms with van der Waals surface area (Å²) in [5, 5.41) is 13.4. The molecule has 0 saturated carbocycles. The van der Waals surface area contributed by atoms with E-state index in [1.807, 2.05) is 42.6 Å². The van der Waals surface area contributed by atoms with E-state index in [0.29, 0.717) is 13.0 Å². The third-order valence-corrected chi connectivity index (χ3v) is 5.40. The summed E-state index contributed by atoms with van der Waals surface area (Å²) < 4.78 is 0. The lowest BCUT2D eigenvalue weighted by atomic mass is 10.1. The van der Waals surface area contributed by atoms with Crippen LogP contribution < -0.4 is 10.2 Å². The zero-order valence-corrected chi connectivity index (χ0v) is 16.3. The lowest BCUT2D eigenvalue weighted by Gasteiger charge is -2.17. The minimum atomic E-state index is -0.337. The summed E-state index contributed by atoms with van der Waals surface area (Å²) in [6.07, 6.45) is 6.80. The number of rotatable bonds is 6. The van der Waals surface area contributed by atoms with Gasteiger partial charge in [0.05, 0.1) is 0 Å². The molecule has 1 aliphatic rings. The Morgan fingerprint density at radius 2 is 1.90 bits per heavy atom. The second-order valence-corrected chi connectivity index (χ2v) is 7.32. The molecule has 2 N–H and O–H groups in total. The number of nitrogens with one attached hydrogen (secondary N) is 2. The first-order chi connectivity index (χ1) is 14.2. The molecule has 2 aromatic carbocycles. The molecule has 1 saturated heterocycles. The average Bonchev–Trinajstić information content (AvgIpc) is 3.43. The number of aromatic amines is 1. The second kappa shape index (κ2) is 8.66. The number of aromatic nitrogens is 1. The van der Waals surface area contributed by atoms with E-state index in [0.717, 1.165) is 35.1 Å². The monoisotopic (exact) mass is 384 g/mol. The van der Waals surface area contributed by atoms with Crippen LogP contribution in [0.15, 0.2) is 60.3 Å². The van der Waals surface area contributed by atoms with Crippen molar-refractivity contribution >= 4 is 28.6 Å². The fraction of sp³-hybridized carbons (Fsp3) is 0.250. The Kier molecular flexibility index (Phi) is 5.62. The molecule has 1 amide bonds. The third-order valence-electron chi connectivity index (χ3n) is 5.40. The number of nitriles is 1. The number of H-pyrrole nitrogens is 1. The van der Waals surface area contributed by atoms with Gasteiger partial charge in [-0.05, 0) is 54.7 Å². The molecule has 5 heteroatoms. The molecular weight excluding hydrogens is 360 g/mol. The van der Waals surface area contributed by atoms with Gasteiger partial charge in [-0.15, -0.1) is 0 Å². The second-order valence-electron chi connectivity index (χ2n) is 7.32. The van der Waals surface area contributed by atoms with E-state index >= 15 is 0 Å². The highest BCUT2D eigenvalue weighted by Gasteiger charge is 2.13. The smallest absolute Gasteiger partial charge is 0.261 e. The summed E-state index contributed by atoms with van der Waals surface area (Å²) in [6, 6.07) is 18.2. The Labute approximate surface area is 170 Å². The van der Waals surface area contributed by atoms with Crippen molar-refractivity contribution in [2.75, 3.05) is 24.5 Å². The summed E-state index contributed by atoms with van der Waals surface area (Å²) in [7, 11) is 0. The van der Waals surface area contributed by atoms with Gasteiger partial charge >= 0.3 is 0 Å². The van der Waals surface area contributed by atoms with E-state index in [1.54, 1.807) is 6.08 Å². The number of anilines is 1. The number of amides is 1. The van der Waals surface area contributed by atoms with Gasteiger partial charge in [0.25, 0.3) is 5.91 Å². The third kappa shape index (κ3) is 4.33. The zero-order chi connectivity index (χ0) is 20.1. The molecule has 0 bridgehead atoms. The number of hydrogen-bond acceptors (Lipinski definition) is 3. The highest BCUT2D eigenvalue weighted by molar-refractivity contribution is 6.01. The minimum absolute atomic E-state index is 0.123. The number of para-hydroxylation sites is 1. The summed E-state index contributed by atoms with van der Waals surface area (Å²) in [6.45, 7) is 2.67. The van der Waals surface area contributed by atoms with Crippen molar-refractivity contribution in [3.63, 3.8) is 0 Å². The maximum atomic E-state index is 12.4. The van der Waals surface area contributed by atoms with Gasteiger partial charge in [-0.2, -0.15) is 5.26 Å². The Balaban J connectivity index is 1.36. The van der Waals surface area contributed by atoms with Gasteiger partial charge in [0.1, 0.15) is 11.6 Å². The molecule has 0 aliphatic carbocycles. The van der Waals surface area contributed by atoms with E-state index in [4.69, 9.17) is 0 Å². The topological polar surface area (TPSA) is 71.9 Å². The Bertz CT molecular complexity index is 1070. The van der Waals surface area contributed by atoms with Gasteiger partial charge in [0.15, 0.2) is 0 Å². The van der Waals surface area contributed by atoms with E-state index in [-0.39, 0.29) is 11.5 Å². The molecular formula is C24H24N4O. The van der Waals surface area contributed by atoms with Crippen molar-refractivity contribution in [1.82, 2.24) is 10.3 Å². The van der Waals surface area contributed by atoms with Crippen LogP contribution in [0.2, 0.25) is 0 Å². The van der Waals surface area contributed by atoms with Crippen molar-refractivity contribution in [2.24, 2.45) is 0 Å². The molecule has 5 nitrogen and oxygen atoms in total. The Morgan fingerprint density at radius 1 is 1.14 bits per heavy atom. The largest absolute Gasteiger partial charge is 0.372 e. The first kappa shape index (κ1) is 18.8.